The second kappa shape index (κ2) is 9.69. The molecule has 0 radical (unpaired) electrons. The quantitative estimate of drug-likeness (QED) is 0.620. The van der Waals surface area contributed by atoms with Gasteiger partial charge in [-0.3, -0.25) is 9.59 Å². The van der Waals surface area contributed by atoms with Crippen LogP contribution in [0.5, 0.6) is 0 Å². The van der Waals surface area contributed by atoms with Gasteiger partial charge in [0, 0.05) is 24.3 Å². The van der Waals surface area contributed by atoms with Gasteiger partial charge in [-0.05, 0) is 54.8 Å². The van der Waals surface area contributed by atoms with Crippen molar-refractivity contribution in [3.8, 4) is 11.1 Å². The Kier molecular flexibility index (Phi) is 6.80. The minimum absolute atomic E-state index is 0.00591. The predicted molar refractivity (Wildman–Crippen MR) is 118 cm³/mol. The van der Waals surface area contributed by atoms with Crippen LogP contribution in [0.25, 0.3) is 11.1 Å². The van der Waals surface area contributed by atoms with Gasteiger partial charge in [-0.2, -0.15) is 0 Å². The molecule has 4 heteroatoms. The largest absolute Gasteiger partial charge is 0.339 e. The molecule has 0 aliphatic heterocycles. The lowest BCUT2D eigenvalue weighted by molar-refractivity contribution is -0.115. The van der Waals surface area contributed by atoms with Crippen molar-refractivity contribution in [2.75, 3.05) is 18.4 Å². The van der Waals surface area contributed by atoms with E-state index in [0.717, 1.165) is 16.7 Å². The van der Waals surface area contributed by atoms with Crippen molar-refractivity contribution in [1.29, 1.82) is 0 Å². The molecule has 0 saturated carbocycles. The molecule has 0 aliphatic rings. The van der Waals surface area contributed by atoms with Crippen LogP contribution >= 0.6 is 0 Å². The molecule has 0 atom stereocenters. The lowest BCUT2D eigenvalue weighted by atomic mass is 10.0. The fourth-order valence-electron chi connectivity index (χ4n) is 3.23. The van der Waals surface area contributed by atoms with E-state index in [2.05, 4.69) is 17.4 Å². The smallest absolute Gasteiger partial charge is 0.253 e. The summed E-state index contributed by atoms with van der Waals surface area (Å²) in [6.07, 6.45) is 0.301. The molecule has 1 N–H and O–H groups in total. The number of hydrogen-bond donors (Lipinski definition) is 1. The van der Waals surface area contributed by atoms with E-state index in [1.165, 1.54) is 0 Å². The average molecular weight is 386 g/mol. The van der Waals surface area contributed by atoms with Crippen LogP contribution in [0.4, 0.5) is 5.69 Å². The average Bonchev–Trinajstić information content (AvgIpc) is 2.76. The van der Waals surface area contributed by atoms with Crippen molar-refractivity contribution in [3.05, 3.63) is 90.0 Å². The summed E-state index contributed by atoms with van der Waals surface area (Å²) in [5.74, 6) is -0.0772. The fourth-order valence-corrected chi connectivity index (χ4v) is 3.23. The molecule has 0 unspecified atom stereocenters. The van der Waals surface area contributed by atoms with Crippen molar-refractivity contribution in [3.63, 3.8) is 0 Å². The summed E-state index contributed by atoms with van der Waals surface area (Å²) in [6.45, 7) is 5.28. The van der Waals surface area contributed by atoms with Gasteiger partial charge >= 0.3 is 0 Å². The highest BCUT2D eigenvalue weighted by atomic mass is 16.2. The number of carbonyl (C=O) groups excluding carboxylic acids is 2. The highest BCUT2D eigenvalue weighted by molar-refractivity contribution is 5.96. The lowest BCUT2D eigenvalue weighted by Gasteiger charge is -2.18. The third-order valence-electron chi connectivity index (χ3n) is 4.89. The van der Waals surface area contributed by atoms with E-state index in [9.17, 15) is 9.59 Å². The number of amides is 2. The first-order valence-electron chi connectivity index (χ1n) is 9.94. The molecule has 3 aromatic rings. The molecule has 2 amide bonds. The first-order valence-corrected chi connectivity index (χ1v) is 9.94. The first-order chi connectivity index (χ1) is 14.1. The molecule has 3 aromatic carbocycles. The minimum Gasteiger partial charge on any atom is -0.339 e. The van der Waals surface area contributed by atoms with E-state index in [1.807, 2.05) is 56.3 Å². The molecule has 0 fully saturated rings. The summed E-state index contributed by atoms with van der Waals surface area (Å²) in [4.78, 5) is 26.5. The number of nitrogens with zero attached hydrogens (tertiary/aromatic N) is 1. The zero-order valence-corrected chi connectivity index (χ0v) is 16.9. The summed E-state index contributed by atoms with van der Waals surface area (Å²) in [6, 6.07) is 25.2. The minimum atomic E-state index is -0.0831. The van der Waals surface area contributed by atoms with Crippen molar-refractivity contribution in [2.45, 2.75) is 20.3 Å². The molecule has 3 rings (SSSR count). The maximum Gasteiger partial charge on any atom is 0.253 e. The second-order valence-corrected chi connectivity index (χ2v) is 6.84. The Morgan fingerprint density at radius 2 is 1.34 bits per heavy atom. The van der Waals surface area contributed by atoms with Gasteiger partial charge in [-0.25, -0.2) is 0 Å². The van der Waals surface area contributed by atoms with Crippen molar-refractivity contribution in [2.24, 2.45) is 0 Å². The van der Waals surface area contributed by atoms with Gasteiger partial charge in [0.15, 0.2) is 0 Å². The normalized spacial score (nSPS) is 10.4. The summed E-state index contributed by atoms with van der Waals surface area (Å²) >= 11 is 0. The van der Waals surface area contributed by atoms with Gasteiger partial charge in [0.1, 0.15) is 0 Å². The van der Waals surface area contributed by atoms with E-state index < -0.39 is 0 Å². The SMILES string of the molecule is CCN(CC)C(=O)c1ccc(NC(=O)Cc2ccc(-c3ccccc3)cc2)cc1. The van der Waals surface area contributed by atoms with Crippen LogP contribution in [0.15, 0.2) is 78.9 Å². The number of anilines is 1. The number of hydrogen-bond acceptors (Lipinski definition) is 2. The Bertz CT molecular complexity index is 944. The van der Waals surface area contributed by atoms with Crippen LogP contribution in [-0.2, 0) is 11.2 Å². The number of rotatable bonds is 7. The topological polar surface area (TPSA) is 49.4 Å². The van der Waals surface area contributed by atoms with Gasteiger partial charge in [-0.15, -0.1) is 0 Å². The molecular formula is C25H26N2O2. The Morgan fingerprint density at radius 3 is 1.93 bits per heavy atom. The Morgan fingerprint density at radius 1 is 0.759 bits per heavy atom. The maximum atomic E-state index is 12.4. The number of nitrogens with one attached hydrogen (secondary N) is 1. The van der Waals surface area contributed by atoms with Gasteiger partial charge < -0.3 is 10.2 Å². The molecule has 0 bridgehead atoms. The van der Waals surface area contributed by atoms with Gasteiger partial charge in [-0.1, -0.05) is 54.6 Å². The van der Waals surface area contributed by atoms with E-state index in [4.69, 9.17) is 0 Å². The third-order valence-corrected chi connectivity index (χ3v) is 4.89. The van der Waals surface area contributed by atoms with Crippen molar-refractivity contribution < 1.29 is 9.59 Å². The van der Waals surface area contributed by atoms with Crippen LogP contribution in [0, 0.1) is 0 Å². The third kappa shape index (κ3) is 5.32. The van der Waals surface area contributed by atoms with Gasteiger partial charge in [0.05, 0.1) is 6.42 Å². The van der Waals surface area contributed by atoms with E-state index in [0.29, 0.717) is 30.8 Å². The highest BCUT2D eigenvalue weighted by Crippen LogP contribution is 2.19. The summed E-state index contributed by atoms with van der Waals surface area (Å²) < 4.78 is 0. The molecule has 0 heterocycles. The van der Waals surface area contributed by atoms with E-state index in [-0.39, 0.29) is 11.8 Å². The Labute approximate surface area is 172 Å². The summed E-state index contributed by atoms with van der Waals surface area (Å²) in [7, 11) is 0. The summed E-state index contributed by atoms with van der Waals surface area (Å²) in [5.41, 5.74) is 4.55. The standard InChI is InChI=1S/C25H26N2O2/c1-3-27(4-2)25(29)22-14-16-23(17-15-22)26-24(28)18-19-10-12-21(13-11-19)20-8-6-5-7-9-20/h5-17H,3-4,18H2,1-2H3,(H,26,28). The van der Waals surface area contributed by atoms with E-state index in [1.54, 1.807) is 29.2 Å². The van der Waals surface area contributed by atoms with Crippen LogP contribution in [0.1, 0.15) is 29.8 Å². The Hall–Kier alpha value is -3.40. The van der Waals surface area contributed by atoms with Gasteiger partial charge in [0.2, 0.25) is 5.91 Å². The number of benzene rings is 3. The van der Waals surface area contributed by atoms with Crippen LogP contribution in [0.3, 0.4) is 0 Å². The maximum absolute atomic E-state index is 12.4. The highest BCUT2D eigenvalue weighted by Gasteiger charge is 2.12. The molecule has 4 nitrogen and oxygen atoms in total. The molecule has 0 saturated heterocycles. The van der Waals surface area contributed by atoms with Crippen molar-refractivity contribution in [1.82, 2.24) is 4.90 Å². The zero-order valence-electron chi connectivity index (χ0n) is 16.9. The van der Waals surface area contributed by atoms with Crippen LogP contribution in [0.2, 0.25) is 0 Å². The first kappa shape index (κ1) is 20.3. The monoisotopic (exact) mass is 386 g/mol. The van der Waals surface area contributed by atoms with Gasteiger partial charge in [0.25, 0.3) is 5.91 Å². The lowest BCUT2D eigenvalue weighted by Crippen LogP contribution is -2.30. The molecule has 0 aliphatic carbocycles. The zero-order chi connectivity index (χ0) is 20.6. The molecule has 148 valence electrons. The summed E-state index contributed by atoms with van der Waals surface area (Å²) in [5, 5.41) is 2.90. The van der Waals surface area contributed by atoms with Crippen molar-refractivity contribution >= 4 is 17.5 Å². The molecule has 0 spiro atoms. The Balaban J connectivity index is 1.58. The predicted octanol–water partition coefficient (Wildman–Crippen LogP) is 5.02. The van der Waals surface area contributed by atoms with Crippen LogP contribution in [-0.4, -0.2) is 29.8 Å². The van der Waals surface area contributed by atoms with Crippen LogP contribution < -0.4 is 5.32 Å². The molecular weight excluding hydrogens is 360 g/mol. The number of carbonyl (C=O) groups is 2. The molecule has 29 heavy (non-hydrogen) atoms. The molecule has 0 aromatic heterocycles. The second-order valence-electron chi connectivity index (χ2n) is 6.84. The van der Waals surface area contributed by atoms with E-state index >= 15 is 0 Å². The fraction of sp³-hybridized carbons (Fsp3) is 0.200.